The van der Waals surface area contributed by atoms with Crippen molar-refractivity contribution in [2.75, 3.05) is 6.54 Å². The third-order valence-corrected chi connectivity index (χ3v) is 4.35. The smallest absolute Gasteiger partial charge is 0.410 e. The molecule has 0 radical (unpaired) electrons. The maximum absolute atomic E-state index is 12.5. The van der Waals surface area contributed by atoms with Crippen LogP contribution >= 0.6 is 9.24 Å². The first-order chi connectivity index (χ1) is 12.4. The summed E-state index contributed by atoms with van der Waals surface area (Å²) in [6, 6.07) is 7.93. The first-order valence-electron chi connectivity index (χ1n) is 8.74. The zero-order chi connectivity index (χ0) is 18.7. The normalized spacial score (nSPS) is 16.9. The molecule has 1 fully saturated rings. The lowest BCUT2D eigenvalue weighted by Gasteiger charge is -2.27. The third-order valence-electron chi connectivity index (χ3n) is 4.20. The number of H-pyrrole nitrogens is 1. The van der Waals surface area contributed by atoms with Crippen molar-refractivity contribution in [2.45, 2.75) is 45.3 Å². The molecule has 1 amide bonds. The van der Waals surface area contributed by atoms with Gasteiger partial charge in [-0.05, 0) is 51.3 Å². The number of likely N-dealkylation sites (tertiary alicyclic amines) is 1. The lowest BCUT2D eigenvalue weighted by atomic mass is 10.1. The zero-order valence-corrected chi connectivity index (χ0v) is 16.5. The van der Waals surface area contributed by atoms with Crippen LogP contribution in [0.4, 0.5) is 4.79 Å². The average molecular weight is 369 g/mol. The minimum Gasteiger partial charge on any atom is -0.444 e. The van der Waals surface area contributed by atoms with Gasteiger partial charge in [0.15, 0.2) is 0 Å². The molecule has 6 heteroatoms. The highest BCUT2D eigenvalue weighted by Crippen LogP contribution is 2.32. The van der Waals surface area contributed by atoms with Crippen molar-refractivity contribution < 1.29 is 9.53 Å². The Bertz CT molecular complexity index is 840. The molecule has 1 aliphatic heterocycles. The van der Waals surface area contributed by atoms with E-state index in [1.165, 1.54) is 0 Å². The van der Waals surface area contributed by atoms with E-state index < -0.39 is 5.60 Å². The molecule has 0 spiro atoms. The first-order valence-corrected chi connectivity index (χ1v) is 9.32. The second-order valence-corrected chi connectivity index (χ2v) is 7.65. The first kappa shape index (κ1) is 18.5. The number of carbonyl (C=O) groups is 1. The molecule has 0 bridgehead atoms. The molecule has 2 heterocycles. The number of nitrogens with zero attached hydrogens (tertiary/aromatic N) is 2. The summed E-state index contributed by atoms with van der Waals surface area (Å²) in [5.74, 6) is 3.80. The van der Waals surface area contributed by atoms with Gasteiger partial charge in [0.2, 0.25) is 0 Å². The van der Waals surface area contributed by atoms with E-state index in [2.05, 4.69) is 30.8 Å². The number of benzene rings is 1. The number of imidazole rings is 1. The Labute approximate surface area is 156 Å². The number of aromatic nitrogens is 2. The number of hydrogen-bond donors (Lipinski definition) is 1. The fourth-order valence-electron chi connectivity index (χ4n) is 3.06. The molecule has 26 heavy (non-hydrogen) atoms. The second kappa shape index (κ2) is 7.51. The summed E-state index contributed by atoms with van der Waals surface area (Å²) in [4.78, 5) is 22.1. The molecule has 1 aromatic heterocycles. The van der Waals surface area contributed by atoms with Crippen LogP contribution < -0.4 is 0 Å². The van der Waals surface area contributed by atoms with Gasteiger partial charge in [-0.2, -0.15) is 0 Å². The van der Waals surface area contributed by atoms with Gasteiger partial charge in [0, 0.05) is 12.1 Å². The van der Waals surface area contributed by atoms with E-state index in [4.69, 9.17) is 4.74 Å². The Hall–Kier alpha value is -2.31. The molecule has 1 N–H and O–H groups in total. The van der Waals surface area contributed by atoms with Crippen LogP contribution in [0.2, 0.25) is 0 Å². The van der Waals surface area contributed by atoms with Gasteiger partial charge in [-0.1, -0.05) is 33.0 Å². The van der Waals surface area contributed by atoms with Crippen LogP contribution in [0.25, 0.3) is 11.3 Å². The van der Waals surface area contributed by atoms with Crippen LogP contribution in [0, 0.1) is 11.6 Å². The molecule has 0 aliphatic carbocycles. The molecular weight excluding hydrogens is 345 g/mol. The van der Waals surface area contributed by atoms with Crippen molar-refractivity contribution in [2.24, 2.45) is 0 Å². The molecule has 1 saturated heterocycles. The molecular formula is C20H24N3O2P. The van der Waals surface area contributed by atoms with E-state index in [9.17, 15) is 4.79 Å². The van der Waals surface area contributed by atoms with Crippen molar-refractivity contribution in [1.82, 2.24) is 14.9 Å². The van der Waals surface area contributed by atoms with Crippen molar-refractivity contribution >= 4 is 15.3 Å². The highest BCUT2D eigenvalue weighted by atomic mass is 31.0. The Morgan fingerprint density at radius 1 is 1.35 bits per heavy atom. The highest BCUT2D eigenvalue weighted by Gasteiger charge is 2.34. The monoisotopic (exact) mass is 369 g/mol. The molecule has 1 aromatic carbocycles. The Kier molecular flexibility index (Phi) is 5.34. The number of nitrogens with one attached hydrogen (secondary N) is 1. The number of aromatic amines is 1. The average Bonchev–Trinajstić information content (AvgIpc) is 3.23. The number of rotatable bonds is 2. The van der Waals surface area contributed by atoms with E-state index in [-0.39, 0.29) is 12.1 Å². The molecule has 3 rings (SSSR count). The van der Waals surface area contributed by atoms with E-state index in [0.29, 0.717) is 6.54 Å². The highest BCUT2D eigenvalue weighted by molar-refractivity contribution is 7.23. The minimum absolute atomic E-state index is 0.0687. The Morgan fingerprint density at radius 2 is 2.08 bits per heavy atom. The number of amides is 1. The standard InChI is InChI=1S/C20H24N3O2P/c1-20(2,3)25-19(24)23-11-4-5-17(23)18-21-13-16(22-18)15-8-6-14(7-9-15)10-12-26/h6-9,13,17H,4-5,11,26H2,1-3H3,(H,21,22). The molecule has 136 valence electrons. The van der Waals surface area contributed by atoms with Crippen molar-refractivity contribution in [3.63, 3.8) is 0 Å². The van der Waals surface area contributed by atoms with Crippen LogP contribution in [0.5, 0.6) is 0 Å². The van der Waals surface area contributed by atoms with Gasteiger partial charge >= 0.3 is 6.09 Å². The summed E-state index contributed by atoms with van der Waals surface area (Å²) in [7, 11) is 2.40. The van der Waals surface area contributed by atoms with Gasteiger partial charge in [-0.25, -0.2) is 9.78 Å². The topological polar surface area (TPSA) is 58.2 Å². The van der Waals surface area contributed by atoms with Crippen LogP contribution in [0.15, 0.2) is 30.5 Å². The van der Waals surface area contributed by atoms with Crippen molar-refractivity contribution in [3.8, 4) is 22.8 Å². The molecule has 1 aliphatic rings. The van der Waals surface area contributed by atoms with E-state index in [1.54, 1.807) is 4.90 Å². The van der Waals surface area contributed by atoms with Crippen LogP contribution in [0.1, 0.15) is 51.0 Å². The van der Waals surface area contributed by atoms with Crippen molar-refractivity contribution in [3.05, 3.63) is 41.9 Å². The minimum atomic E-state index is -0.500. The van der Waals surface area contributed by atoms with Crippen LogP contribution in [0.3, 0.4) is 0 Å². The maximum Gasteiger partial charge on any atom is 0.410 e. The Balaban J connectivity index is 1.77. The number of ether oxygens (including phenoxy) is 1. The summed E-state index contributed by atoms with van der Waals surface area (Å²) in [5, 5.41) is 0. The fourth-order valence-corrected chi connectivity index (χ4v) is 3.23. The van der Waals surface area contributed by atoms with Crippen LogP contribution in [-0.4, -0.2) is 33.1 Å². The summed E-state index contributed by atoms with van der Waals surface area (Å²) >= 11 is 0. The molecule has 2 aromatic rings. The van der Waals surface area contributed by atoms with Crippen molar-refractivity contribution in [1.29, 1.82) is 0 Å². The van der Waals surface area contributed by atoms with Gasteiger partial charge in [-0.3, -0.25) is 4.90 Å². The molecule has 0 saturated carbocycles. The quantitative estimate of drug-likeness (QED) is 0.633. The predicted molar refractivity (Wildman–Crippen MR) is 106 cm³/mol. The largest absolute Gasteiger partial charge is 0.444 e. The van der Waals surface area contributed by atoms with Gasteiger partial charge in [0.05, 0.1) is 17.9 Å². The summed E-state index contributed by atoms with van der Waals surface area (Å²) in [6.07, 6.45) is 3.37. The van der Waals surface area contributed by atoms with E-state index in [0.717, 1.165) is 35.5 Å². The maximum atomic E-state index is 12.5. The van der Waals surface area contributed by atoms with Crippen LogP contribution in [-0.2, 0) is 4.74 Å². The molecule has 2 atom stereocenters. The summed E-state index contributed by atoms with van der Waals surface area (Å²) in [6.45, 7) is 6.34. The SMILES string of the molecule is CC(C)(C)OC(=O)N1CCCC1c1ncc(-c2ccc(C#CP)cc2)[nH]1. The fraction of sp³-hybridized carbons (Fsp3) is 0.400. The third kappa shape index (κ3) is 4.26. The van der Waals surface area contributed by atoms with Gasteiger partial charge < -0.3 is 9.72 Å². The van der Waals surface area contributed by atoms with E-state index in [1.807, 2.05) is 51.2 Å². The predicted octanol–water partition coefficient (Wildman–Crippen LogP) is 4.33. The summed E-state index contributed by atoms with van der Waals surface area (Å²) in [5.41, 5.74) is 5.25. The second-order valence-electron chi connectivity index (χ2n) is 7.36. The zero-order valence-electron chi connectivity index (χ0n) is 15.4. The lowest BCUT2D eigenvalue weighted by molar-refractivity contribution is 0.0219. The van der Waals surface area contributed by atoms with Gasteiger partial charge in [0.25, 0.3) is 0 Å². The summed E-state index contributed by atoms with van der Waals surface area (Å²) < 4.78 is 5.53. The van der Waals surface area contributed by atoms with Gasteiger partial charge in [0.1, 0.15) is 11.4 Å². The number of carbonyl (C=O) groups excluding carboxylic acids is 1. The lowest BCUT2D eigenvalue weighted by Crippen LogP contribution is -2.36. The van der Waals surface area contributed by atoms with E-state index >= 15 is 0 Å². The molecule has 5 nitrogen and oxygen atoms in total. The number of hydrogen-bond acceptors (Lipinski definition) is 3. The van der Waals surface area contributed by atoms with Gasteiger partial charge in [-0.15, -0.1) is 0 Å². The molecule has 2 unspecified atom stereocenters. The Morgan fingerprint density at radius 3 is 2.73 bits per heavy atom.